The molecule has 29 heavy (non-hydrogen) atoms. The van der Waals surface area contributed by atoms with Crippen molar-refractivity contribution in [2.45, 2.75) is 44.6 Å². The first-order valence-corrected chi connectivity index (χ1v) is 9.64. The third kappa shape index (κ3) is 5.17. The van der Waals surface area contributed by atoms with Crippen LogP contribution in [0.15, 0.2) is 30.5 Å². The molecule has 1 saturated carbocycles. The van der Waals surface area contributed by atoms with Crippen molar-refractivity contribution in [1.82, 2.24) is 9.97 Å². The molecule has 0 aliphatic heterocycles. The largest absolute Gasteiger partial charge is 0.369 e. The number of primary amides is 1. The smallest absolute Gasteiger partial charge is 0.271 e. The van der Waals surface area contributed by atoms with Gasteiger partial charge in [-0.25, -0.2) is 18.7 Å². The van der Waals surface area contributed by atoms with Crippen molar-refractivity contribution < 1.29 is 13.6 Å². The minimum atomic E-state index is -2.81. The minimum absolute atomic E-state index is 0.0194. The van der Waals surface area contributed by atoms with Gasteiger partial charge in [0.05, 0.1) is 12.2 Å². The van der Waals surface area contributed by atoms with Gasteiger partial charge in [0, 0.05) is 18.7 Å². The van der Waals surface area contributed by atoms with E-state index in [0.717, 1.165) is 11.3 Å². The number of amides is 1. The highest BCUT2D eigenvalue weighted by molar-refractivity contribution is 5.96. The molecular weight excluding hydrogens is 378 g/mol. The Bertz CT molecular complexity index is 876. The van der Waals surface area contributed by atoms with E-state index in [0.29, 0.717) is 31.6 Å². The fraction of sp³-hybridized carbons (Fsp3) is 0.450. The Labute approximate surface area is 168 Å². The summed E-state index contributed by atoms with van der Waals surface area (Å²) in [5.74, 6) is -3.12. The Morgan fingerprint density at radius 2 is 2.17 bits per heavy atom. The third-order valence-corrected chi connectivity index (χ3v) is 5.19. The predicted molar refractivity (Wildman–Crippen MR) is 108 cm³/mol. The number of aromatic nitrogens is 2. The zero-order chi connectivity index (χ0) is 21.0. The van der Waals surface area contributed by atoms with Gasteiger partial charge >= 0.3 is 0 Å². The molecule has 7 nitrogen and oxygen atoms in total. The van der Waals surface area contributed by atoms with Gasteiger partial charge < -0.3 is 22.1 Å². The molecule has 1 amide bonds. The number of benzene rings is 1. The number of hydrogen-bond donors (Lipinski definition) is 4. The number of nitrogens with one attached hydrogen (secondary N) is 2. The van der Waals surface area contributed by atoms with Crippen LogP contribution in [0.3, 0.4) is 0 Å². The Balaban J connectivity index is 1.68. The standard InChI is InChI=1S/C20H26F2N6O/c1-12-4-2-6-14(10-12)27-19-16(18(24)29)26-11-15(28-19)25-9-7-13-5-3-8-20(21,22)17(13)23/h2,4,6,10-11,13,17H,3,5,7-9,23H2,1H3,(H2,24,29)(H2,25,27,28)/t13-,17+/m0/s1. The van der Waals surface area contributed by atoms with Gasteiger partial charge in [-0.3, -0.25) is 4.79 Å². The second kappa shape index (κ2) is 8.69. The lowest BCUT2D eigenvalue weighted by atomic mass is 9.80. The van der Waals surface area contributed by atoms with Gasteiger partial charge in [0.25, 0.3) is 11.8 Å². The van der Waals surface area contributed by atoms with E-state index in [9.17, 15) is 13.6 Å². The van der Waals surface area contributed by atoms with Crippen molar-refractivity contribution in [2.24, 2.45) is 17.4 Å². The Kier molecular flexibility index (Phi) is 6.26. The molecule has 1 fully saturated rings. The lowest BCUT2D eigenvalue weighted by Gasteiger charge is -2.35. The number of hydrogen-bond acceptors (Lipinski definition) is 6. The molecule has 6 N–H and O–H groups in total. The van der Waals surface area contributed by atoms with Gasteiger partial charge in [-0.15, -0.1) is 0 Å². The zero-order valence-electron chi connectivity index (χ0n) is 16.3. The van der Waals surface area contributed by atoms with Crippen molar-refractivity contribution >= 4 is 23.2 Å². The van der Waals surface area contributed by atoms with Gasteiger partial charge in [0.2, 0.25) is 0 Å². The summed E-state index contributed by atoms with van der Waals surface area (Å²) in [6.07, 6.45) is 2.91. The van der Waals surface area contributed by atoms with Crippen molar-refractivity contribution in [3.63, 3.8) is 0 Å². The molecular formula is C20H26F2N6O. The van der Waals surface area contributed by atoms with Crippen LogP contribution in [0, 0.1) is 12.8 Å². The van der Waals surface area contributed by atoms with Gasteiger partial charge in [-0.2, -0.15) is 0 Å². The number of rotatable bonds is 7. The molecule has 9 heteroatoms. The van der Waals surface area contributed by atoms with Crippen LogP contribution in [-0.2, 0) is 0 Å². The van der Waals surface area contributed by atoms with Crippen molar-refractivity contribution in [3.8, 4) is 0 Å². The molecule has 0 radical (unpaired) electrons. The van der Waals surface area contributed by atoms with E-state index in [1.54, 1.807) is 0 Å². The fourth-order valence-corrected chi connectivity index (χ4v) is 3.60. The topological polar surface area (TPSA) is 119 Å². The predicted octanol–water partition coefficient (Wildman–Crippen LogP) is 3.19. The number of nitrogens with zero attached hydrogens (tertiary/aromatic N) is 2. The summed E-state index contributed by atoms with van der Waals surface area (Å²) in [6.45, 7) is 2.37. The fourth-order valence-electron chi connectivity index (χ4n) is 3.60. The maximum atomic E-state index is 13.8. The molecule has 0 saturated heterocycles. The highest BCUT2D eigenvalue weighted by Gasteiger charge is 2.44. The maximum Gasteiger partial charge on any atom is 0.271 e. The monoisotopic (exact) mass is 404 g/mol. The molecule has 156 valence electrons. The van der Waals surface area contributed by atoms with Crippen LogP contribution in [0.5, 0.6) is 0 Å². The van der Waals surface area contributed by atoms with Gasteiger partial charge in [0.1, 0.15) is 5.82 Å². The summed E-state index contributed by atoms with van der Waals surface area (Å²) in [4.78, 5) is 20.2. The third-order valence-electron chi connectivity index (χ3n) is 5.19. The summed E-state index contributed by atoms with van der Waals surface area (Å²) < 4.78 is 27.6. The molecule has 0 spiro atoms. The average Bonchev–Trinajstić information content (AvgIpc) is 2.65. The molecule has 1 aromatic heterocycles. The van der Waals surface area contributed by atoms with Crippen LogP contribution in [-0.4, -0.2) is 34.4 Å². The Hall–Kier alpha value is -2.81. The van der Waals surface area contributed by atoms with Crippen LogP contribution in [0.25, 0.3) is 0 Å². The molecule has 1 aliphatic rings. The number of anilines is 3. The molecule has 2 aromatic rings. The number of nitrogens with two attached hydrogens (primary N) is 2. The van der Waals surface area contributed by atoms with E-state index >= 15 is 0 Å². The molecule has 0 bridgehead atoms. The van der Waals surface area contributed by atoms with Gasteiger partial charge in [-0.1, -0.05) is 12.1 Å². The average molecular weight is 404 g/mol. The molecule has 3 rings (SSSR count). The SMILES string of the molecule is Cc1cccc(Nc2nc(NCC[C@@H]3CCCC(F)(F)[C@@H]3N)cnc2C(N)=O)c1. The number of aryl methyl sites for hydroxylation is 1. The highest BCUT2D eigenvalue weighted by atomic mass is 19.3. The van der Waals surface area contributed by atoms with Crippen molar-refractivity contribution in [2.75, 3.05) is 17.2 Å². The molecule has 1 aromatic carbocycles. The normalized spacial score (nSPS) is 20.8. The number of carbonyl (C=O) groups is 1. The van der Waals surface area contributed by atoms with Crippen molar-refractivity contribution in [1.29, 1.82) is 0 Å². The minimum Gasteiger partial charge on any atom is -0.369 e. The second-order valence-electron chi connectivity index (χ2n) is 7.47. The molecule has 0 unspecified atom stereocenters. The van der Waals surface area contributed by atoms with E-state index in [1.165, 1.54) is 6.20 Å². The Morgan fingerprint density at radius 1 is 1.38 bits per heavy atom. The second-order valence-corrected chi connectivity index (χ2v) is 7.47. The van der Waals surface area contributed by atoms with Crippen LogP contribution < -0.4 is 22.1 Å². The van der Waals surface area contributed by atoms with E-state index in [2.05, 4.69) is 20.6 Å². The zero-order valence-corrected chi connectivity index (χ0v) is 16.3. The lowest BCUT2D eigenvalue weighted by Crippen LogP contribution is -2.49. The summed E-state index contributed by atoms with van der Waals surface area (Å²) in [5.41, 5.74) is 12.9. The van der Waals surface area contributed by atoms with Gasteiger partial charge in [0.15, 0.2) is 11.5 Å². The summed E-state index contributed by atoms with van der Waals surface area (Å²) in [5, 5.41) is 6.14. The summed E-state index contributed by atoms with van der Waals surface area (Å²) in [6, 6.07) is 6.44. The number of alkyl halides is 2. The van der Waals surface area contributed by atoms with E-state index < -0.39 is 17.9 Å². The molecule has 1 heterocycles. The number of halogens is 2. The van der Waals surface area contributed by atoms with Crippen LogP contribution in [0.1, 0.15) is 41.7 Å². The van der Waals surface area contributed by atoms with E-state index in [1.807, 2.05) is 31.2 Å². The Morgan fingerprint density at radius 3 is 2.90 bits per heavy atom. The quantitative estimate of drug-likeness (QED) is 0.563. The highest BCUT2D eigenvalue weighted by Crippen LogP contribution is 2.37. The summed E-state index contributed by atoms with van der Waals surface area (Å²) in [7, 11) is 0. The first kappa shape index (κ1) is 20.9. The first-order chi connectivity index (χ1) is 13.8. The summed E-state index contributed by atoms with van der Waals surface area (Å²) >= 11 is 0. The van der Waals surface area contributed by atoms with Crippen molar-refractivity contribution in [3.05, 3.63) is 41.7 Å². The van der Waals surface area contributed by atoms with Crippen LogP contribution >= 0.6 is 0 Å². The lowest BCUT2D eigenvalue weighted by molar-refractivity contribution is -0.0724. The van der Waals surface area contributed by atoms with Gasteiger partial charge in [-0.05, 0) is 49.8 Å². The number of carbonyl (C=O) groups excluding carboxylic acids is 1. The van der Waals surface area contributed by atoms with E-state index in [4.69, 9.17) is 11.5 Å². The molecule has 1 aliphatic carbocycles. The van der Waals surface area contributed by atoms with Crippen LogP contribution in [0.2, 0.25) is 0 Å². The first-order valence-electron chi connectivity index (χ1n) is 9.64. The van der Waals surface area contributed by atoms with E-state index in [-0.39, 0.29) is 23.9 Å². The van der Waals surface area contributed by atoms with Crippen LogP contribution in [0.4, 0.5) is 26.1 Å². The molecule has 2 atom stereocenters. The maximum absolute atomic E-state index is 13.8.